The molecule has 1 heterocycles. The van der Waals surface area contributed by atoms with Crippen LogP contribution in [0.25, 0.3) is 17.0 Å². The number of anilines is 1. The van der Waals surface area contributed by atoms with E-state index in [9.17, 15) is 33.3 Å². The van der Waals surface area contributed by atoms with Crippen LogP contribution in [0.1, 0.15) is 16.7 Å². The minimum absolute atomic E-state index is 0.0397. The van der Waals surface area contributed by atoms with E-state index in [1.165, 1.54) is 24.3 Å². The molecule has 0 radical (unpaired) electrons. The number of nitrogens with one attached hydrogen (secondary N) is 1. The van der Waals surface area contributed by atoms with Gasteiger partial charge in [0.2, 0.25) is 0 Å². The van der Waals surface area contributed by atoms with Gasteiger partial charge in [0.25, 0.3) is 11.6 Å². The third kappa shape index (κ3) is 5.26. The van der Waals surface area contributed by atoms with Gasteiger partial charge in [0.05, 0.1) is 10.5 Å². The van der Waals surface area contributed by atoms with E-state index in [4.69, 9.17) is 0 Å². The Bertz CT molecular complexity index is 1550. The van der Waals surface area contributed by atoms with E-state index in [0.29, 0.717) is 17.7 Å². The number of carbonyl (C=O) groups is 1. The maximum absolute atomic E-state index is 13.0. The maximum Gasteiger partial charge on any atom is 0.416 e. The Kier molecular flexibility index (Phi) is 6.56. The Labute approximate surface area is 202 Å². The molecule has 0 aliphatic carbocycles. The van der Waals surface area contributed by atoms with Crippen LogP contribution in [0.3, 0.4) is 0 Å². The zero-order valence-electron chi connectivity index (χ0n) is 18.5. The summed E-state index contributed by atoms with van der Waals surface area (Å²) in [4.78, 5) is 23.3. The van der Waals surface area contributed by atoms with E-state index in [2.05, 4.69) is 5.32 Å². The van der Waals surface area contributed by atoms with Crippen LogP contribution in [0.5, 0.6) is 0 Å². The molecule has 180 valence electrons. The molecule has 0 aliphatic heterocycles. The fraction of sp³-hybridized carbons (Fsp3) is 0.0769. The highest BCUT2D eigenvalue weighted by Gasteiger charge is 2.30. The normalized spacial score (nSPS) is 11.8. The molecular weight excluding hydrogens is 473 g/mol. The van der Waals surface area contributed by atoms with Gasteiger partial charge in [0.15, 0.2) is 0 Å². The minimum Gasteiger partial charge on any atom is -0.342 e. The van der Waals surface area contributed by atoms with Crippen LogP contribution in [0.15, 0.2) is 84.6 Å². The minimum atomic E-state index is -4.57. The van der Waals surface area contributed by atoms with Crippen molar-refractivity contribution in [2.45, 2.75) is 12.7 Å². The molecule has 0 bridgehead atoms. The summed E-state index contributed by atoms with van der Waals surface area (Å²) in [5, 5.41) is 23.8. The second-order valence-corrected chi connectivity index (χ2v) is 7.86. The SMILES string of the molecule is N#C/C(=C/c1cn(Cc2cccc([N+](=O)[O-])c2)c2ccccc12)C(=O)Nc1cccc(C(F)(F)F)c1. The lowest BCUT2D eigenvalue weighted by molar-refractivity contribution is -0.384. The van der Waals surface area contributed by atoms with Gasteiger partial charge in [-0.05, 0) is 35.9 Å². The first-order valence-corrected chi connectivity index (χ1v) is 10.6. The van der Waals surface area contributed by atoms with Gasteiger partial charge in [-0.3, -0.25) is 14.9 Å². The molecule has 0 saturated carbocycles. The van der Waals surface area contributed by atoms with Gasteiger partial charge in [-0.25, -0.2) is 0 Å². The number of non-ortho nitro benzene ring substituents is 1. The summed E-state index contributed by atoms with van der Waals surface area (Å²) in [6.45, 7) is 0.300. The monoisotopic (exact) mass is 490 g/mol. The lowest BCUT2D eigenvalue weighted by Crippen LogP contribution is -2.14. The highest BCUT2D eigenvalue weighted by Crippen LogP contribution is 2.31. The molecule has 7 nitrogen and oxygen atoms in total. The molecule has 0 unspecified atom stereocenters. The van der Waals surface area contributed by atoms with Crippen molar-refractivity contribution >= 4 is 34.3 Å². The summed E-state index contributed by atoms with van der Waals surface area (Å²) in [5.41, 5.74) is 0.629. The molecule has 1 N–H and O–H groups in total. The Balaban J connectivity index is 1.66. The van der Waals surface area contributed by atoms with Gasteiger partial charge in [-0.1, -0.05) is 36.4 Å². The average molecular weight is 490 g/mol. The summed E-state index contributed by atoms with van der Waals surface area (Å²) >= 11 is 0. The first-order chi connectivity index (χ1) is 17.2. The number of hydrogen-bond acceptors (Lipinski definition) is 4. The number of fused-ring (bicyclic) bond motifs is 1. The summed E-state index contributed by atoms with van der Waals surface area (Å²) in [7, 11) is 0. The Morgan fingerprint density at radius 3 is 2.56 bits per heavy atom. The van der Waals surface area contributed by atoms with Crippen molar-refractivity contribution in [1.82, 2.24) is 4.57 Å². The number of nitriles is 1. The van der Waals surface area contributed by atoms with Gasteiger partial charge in [0.1, 0.15) is 11.6 Å². The predicted octanol–water partition coefficient (Wildman–Crippen LogP) is 6.16. The van der Waals surface area contributed by atoms with Crippen molar-refractivity contribution in [2.24, 2.45) is 0 Å². The Hall–Kier alpha value is -4.91. The highest BCUT2D eigenvalue weighted by molar-refractivity contribution is 6.10. The van der Waals surface area contributed by atoms with Crippen molar-refractivity contribution in [3.63, 3.8) is 0 Å². The number of halogens is 3. The van der Waals surface area contributed by atoms with E-state index in [0.717, 1.165) is 29.1 Å². The molecule has 0 aliphatic rings. The Morgan fingerprint density at radius 2 is 1.83 bits per heavy atom. The molecule has 4 rings (SSSR count). The second-order valence-electron chi connectivity index (χ2n) is 7.86. The molecule has 3 aromatic carbocycles. The fourth-order valence-electron chi connectivity index (χ4n) is 3.76. The number of nitro groups is 1. The number of rotatable bonds is 6. The van der Waals surface area contributed by atoms with Gasteiger partial charge >= 0.3 is 6.18 Å². The van der Waals surface area contributed by atoms with Crippen molar-refractivity contribution in [3.8, 4) is 6.07 Å². The number of para-hydroxylation sites is 1. The van der Waals surface area contributed by atoms with Crippen molar-refractivity contribution in [1.29, 1.82) is 5.26 Å². The second kappa shape index (κ2) is 9.76. The highest BCUT2D eigenvalue weighted by atomic mass is 19.4. The van der Waals surface area contributed by atoms with Crippen molar-refractivity contribution in [3.05, 3.63) is 111 Å². The Morgan fingerprint density at radius 1 is 1.08 bits per heavy atom. The summed E-state index contributed by atoms with van der Waals surface area (Å²) in [6, 6.07) is 19.4. The molecule has 1 amide bonds. The van der Waals surface area contributed by atoms with Crippen LogP contribution in [0.2, 0.25) is 0 Å². The topological polar surface area (TPSA) is 101 Å². The molecular formula is C26H17F3N4O3. The maximum atomic E-state index is 13.0. The quantitative estimate of drug-likeness (QED) is 0.151. The van der Waals surface area contributed by atoms with Crippen LogP contribution in [-0.4, -0.2) is 15.4 Å². The molecule has 0 spiro atoms. The third-order valence-electron chi connectivity index (χ3n) is 5.41. The predicted molar refractivity (Wildman–Crippen MR) is 128 cm³/mol. The fourth-order valence-corrected chi connectivity index (χ4v) is 3.76. The van der Waals surface area contributed by atoms with Crippen molar-refractivity contribution < 1.29 is 22.9 Å². The van der Waals surface area contributed by atoms with Gasteiger partial charge < -0.3 is 9.88 Å². The lowest BCUT2D eigenvalue weighted by atomic mass is 10.1. The van der Waals surface area contributed by atoms with Gasteiger partial charge in [0, 0.05) is 47.0 Å². The number of benzene rings is 3. The zero-order valence-corrected chi connectivity index (χ0v) is 18.5. The average Bonchev–Trinajstić information content (AvgIpc) is 3.19. The van der Waals surface area contributed by atoms with Crippen molar-refractivity contribution in [2.75, 3.05) is 5.32 Å². The zero-order chi connectivity index (χ0) is 25.9. The number of nitro benzene ring substituents is 1. The number of amides is 1. The number of alkyl halides is 3. The van der Waals surface area contributed by atoms with E-state index in [1.54, 1.807) is 36.5 Å². The third-order valence-corrected chi connectivity index (χ3v) is 5.41. The van der Waals surface area contributed by atoms with E-state index < -0.39 is 22.6 Å². The molecule has 0 fully saturated rings. The summed E-state index contributed by atoms with van der Waals surface area (Å²) in [5.74, 6) is -0.854. The number of hydrogen-bond donors (Lipinski definition) is 1. The van der Waals surface area contributed by atoms with E-state index in [-0.39, 0.29) is 16.9 Å². The molecule has 4 aromatic rings. The molecule has 10 heteroatoms. The summed E-state index contributed by atoms with van der Waals surface area (Å²) < 4.78 is 40.8. The van der Waals surface area contributed by atoms with Gasteiger partial charge in [-0.2, -0.15) is 18.4 Å². The standard InChI is InChI=1S/C26H17F3N4O3/c27-26(28,29)20-6-4-7-21(13-20)31-25(34)18(14-30)12-19-16-32(24-10-2-1-9-23(19)24)15-17-5-3-8-22(11-17)33(35)36/h1-13,16H,15H2,(H,31,34)/b18-12-. The van der Waals surface area contributed by atoms with Crippen LogP contribution in [-0.2, 0) is 17.5 Å². The van der Waals surface area contributed by atoms with Gasteiger partial charge in [-0.15, -0.1) is 0 Å². The smallest absolute Gasteiger partial charge is 0.342 e. The molecule has 1 aromatic heterocycles. The first-order valence-electron chi connectivity index (χ1n) is 10.6. The molecule has 36 heavy (non-hydrogen) atoms. The number of aromatic nitrogens is 1. The summed E-state index contributed by atoms with van der Waals surface area (Å²) in [6.07, 6.45) is -1.51. The van der Waals surface area contributed by atoms with E-state index in [1.807, 2.05) is 16.7 Å². The van der Waals surface area contributed by atoms with Crippen LogP contribution >= 0.6 is 0 Å². The van der Waals surface area contributed by atoms with Crippen LogP contribution in [0, 0.1) is 21.4 Å². The van der Waals surface area contributed by atoms with Crippen LogP contribution in [0.4, 0.5) is 24.5 Å². The largest absolute Gasteiger partial charge is 0.416 e. The van der Waals surface area contributed by atoms with Crippen LogP contribution < -0.4 is 5.32 Å². The molecule has 0 saturated heterocycles. The number of nitrogens with zero attached hydrogens (tertiary/aromatic N) is 3. The van der Waals surface area contributed by atoms with E-state index >= 15 is 0 Å². The lowest BCUT2D eigenvalue weighted by Gasteiger charge is -2.09. The number of carbonyl (C=O) groups excluding carboxylic acids is 1. The molecule has 0 atom stereocenters. The first kappa shape index (κ1) is 24.2.